The van der Waals surface area contributed by atoms with Crippen molar-refractivity contribution in [3.05, 3.63) is 120 Å². The van der Waals surface area contributed by atoms with Crippen LogP contribution in [0.15, 0.2) is 124 Å². The van der Waals surface area contributed by atoms with Crippen molar-refractivity contribution in [2.24, 2.45) is 10.9 Å². The molecule has 0 aliphatic carbocycles. The fourth-order valence-corrected chi connectivity index (χ4v) is 4.21. The van der Waals surface area contributed by atoms with Gasteiger partial charge in [-0.3, -0.25) is 11.3 Å². The molecule has 0 aliphatic rings. The molecule has 4 aromatic carbocycles. The Balaban J connectivity index is 0.000000314. The molecule has 4 N–H and O–H groups in total. The van der Waals surface area contributed by atoms with Crippen molar-refractivity contribution in [3.8, 4) is 0 Å². The summed E-state index contributed by atoms with van der Waals surface area (Å²) in [6.07, 6.45) is 4.09. The Hall–Kier alpha value is -2.90. The van der Waals surface area contributed by atoms with Gasteiger partial charge in [0.05, 0.1) is 17.1 Å². The first-order valence-corrected chi connectivity index (χ1v) is 12.9. The molecule has 0 saturated carbocycles. The summed E-state index contributed by atoms with van der Waals surface area (Å²) in [5.41, 5.74) is 11.0. The van der Waals surface area contributed by atoms with Crippen molar-refractivity contribution < 1.29 is 0 Å². The number of hydrazone groups is 1. The lowest BCUT2D eigenvalue weighted by Crippen LogP contribution is -2.07. The molecule has 4 aromatic rings. The number of anilines is 2. The summed E-state index contributed by atoms with van der Waals surface area (Å²) in [7, 11) is 0. The Morgan fingerprint density at radius 1 is 0.618 bits per heavy atom. The van der Waals surface area contributed by atoms with Gasteiger partial charge in [0.15, 0.2) is 0 Å². The smallest absolute Gasteiger partial charge is 0.0977 e. The summed E-state index contributed by atoms with van der Waals surface area (Å²) in [5, 5.41) is 4.70. The zero-order valence-electron chi connectivity index (χ0n) is 19.1. The van der Waals surface area contributed by atoms with Crippen LogP contribution in [0.5, 0.6) is 0 Å². The number of nitrogens with zero attached hydrogens (tertiary/aromatic N) is 1. The second-order valence-corrected chi connectivity index (χ2v) is 8.55. The van der Waals surface area contributed by atoms with Crippen LogP contribution < -0.4 is 16.7 Å². The van der Waals surface area contributed by atoms with Gasteiger partial charge in [0, 0.05) is 20.9 Å². The zero-order chi connectivity index (χ0) is 23.3. The molecule has 34 heavy (non-hydrogen) atoms. The summed E-state index contributed by atoms with van der Waals surface area (Å²) in [5.74, 6) is 5.26. The minimum absolute atomic E-state index is 0. The highest BCUT2D eigenvalue weighted by Gasteiger charge is 2.07. The van der Waals surface area contributed by atoms with E-state index in [1.807, 2.05) is 85.1 Å². The van der Waals surface area contributed by atoms with Crippen LogP contribution in [0.3, 0.4) is 0 Å². The van der Waals surface area contributed by atoms with Crippen LogP contribution in [0.1, 0.15) is 11.1 Å². The quantitative estimate of drug-likeness (QED) is 0.105. The molecule has 0 unspecified atom stereocenters. The number of nitrogens with one attached hydrogen (secondary N) is 2. The first kappa shape index (κ1) is 27.3. The van der Waals surface area contributed by atoms with E-state index in [-0.39, 0.29) is 12.4 Å². The van der Waals surface area contributed by atoms with Gasteiger partial charge < -0.3 is 5.43 Å². The third-order valence-electron chi connectivity index (χ3n) is 4.75. The second kappa shape index (κ2) is 15.1. The SMILES string of the molecule is CSc1ccccc1NN.CSc1ccccc1NN=C(c1ccccc1)c1ccccc1.Cl. The standard InChI is InChI=1S/C20H18N2S.C7H10N2S.ClH/c1-23-19-15-9-8-14-18(19)21-22-20(16-10-4-2-5-11-16)17-12-6-3-7-13-17;1-10-7-5-3-2-4-6(7)9-8;/h2-15,21H,1H3;2-5,9H,8H2,1H3;1H. The lowest BCUT2D eigenvalue weighted by molar-refractivity contribution is 1.28. The Kier molecular flexibility index (Phi) is 12.1. The van der Waals surface area contributed by atoms with Crippen molar-refractivity contribution in [2.75, 3.05) is 23.4 Å². The molecule has 0 fully saturated rings. The molecular formula is C27H29ClN4S2. The number of rotatable bonds is 7. The largest absolute Gasteiger partial charge is 0.323 e. The van der Waals surface area contributed by atoms with E-state index >= 15 is 0 Å². The normalized spacial score (nSPS) is 9.62. The van der Waals surface area contributed by atoms with Crippen LogP contribution in [0, 0.1) is 0 Å². The number of nitrogens with two attached hydrogens (primary N) is 1. The Morgan fingerprint density at radius 2 is 1.03 bits per heavy atom. The summed E-state index contributed by atoms with van der Waals surface area (Å²) < 4.78 is 0. The van der Waals surface area contributed by atoms with Gasteiger partial charge in [0.2, 0.25) is 0 Å². The first-order valence-electron chi connectivity index (χ1n) is 10.4. The van der Waals surface area contributed by atoms with E-state index in [4.69, 9.17) is 10.9 Å². The molecule has 0 atom stereocenters. The average Bonchev–Trinajstić information content (AvgIpc) is 2.90. The number of nitrogen functional groups attached to an aromatic ring is 1. The molecule has 0 aromatic heterocycles. The number of thioether (sulfide) groups is 2. The first-order chi connectivity index (χ1) is 16.3. The topological polar surface area (TPSA) is 62.4 Å². The highest BCUT2D eigenvalue weighted by molar-refractivity contribution is 7.99. The van der Waals surface area contributed by atoms with Gasteiger partial charge in [0.1, 0.15) is 0 Å². The predicted molar refractivity (Wildman–Crippen MR) is 154 cm³/mol. The van der Waals surface area contributed by atoms with E-state index in [0.717, 1.165) is 28.2 Å². The predicted octanol–water partition coefficient (Wildman–Crippen LogP) is 7.39. The van der Waals surface area contributed by atoms with Gasteiger partial charge >= 0.3 is 0 Å². The van der Waals surface area contributed by atoms with Crippen LogP contribution in [0.2, 0.25) is 0 Å². The van der Waals surface area contributed by atoms with Crippen LogP contribution in [-0.4, -0.2) is 18.2 Å². The van der Waals surface area contributed by atoms with Gasteiger partial charge in [0.25, 0.3) is 0 Å². The van der Waals surface area contributed by atoms with Gasteiger partial charge in [-0.2, -0.15) is 5.10 Å². The van der Waals surface area contributed by atoms with E-state index in [0.29, 0.717) is 0 Å². The summed E-state index contributed by atoms with van der Waals surface area (Å²) in [6, 6.07) is 36.6. The van der Waals surface area contributed by atoms with E-state index in [9.17, 15) is 0 Å². The summed E-state index contributed by atoms with van der Waals surface area (Å²) in [4.78, 5) is 2.35. The maximum atomic E-state index is 5.26. The Morgan fingerprint density at radius 3 is 1.47 bits per heavy atom. The molecule has 4 rings (SSSR count). The third-order valence-corrected chi connectivity index (χ3v) is 6.34. The van der Waals surface area contributed by atoms with E-state index in [1.165, 1.54) is 9.79 Å². The van der Waals surface area contributed by atoms with Gasteiger partial charge in [-0.25, -0.2) is 0 Å². The number of hydrogen-bond donors (Lipinski definition) is 3. The van der Waals surface area contributed by atoms with E-state index in [1.54, 1.807) is 23.5 Å². The Bertz CT molecular complexity index is 1090. The number of hydrazine groups is 1. The van der Waals surface area contributed by atoms with Crippen LogP contribution in [0.4, 0.5) is 11.4 Å². The summed E-state index contributed by atoms with van der Waals surface area (Å²) in [6.45, 7) is 0. The zero-order valence-corrected chi connectivity index (χ0v) is 21.6. The molecule has 176 valence electrons. The molecule has 0 saturated heterocycles. The molecule has 0 heterocycles. The molecule has 0 bridgehead atoms. The molecular weight excluding hydrogens is 480 g/mol. The van der Waals surface area contributed by atoms with Crippen molar-refractivity contribution in [1.29, 1.82) is 0 Å². The number of halogens is 1. The fraction of sp³-hybridized carbons (Fsp3) is 0.0741. The van der Waals surface area contributed by atoms with Gasteiger partial charge in [-0.05, 0) is 36.8 Å². The second-order valence-electron chi connectivity index (χ2n) is 6.85. The van der Waals surface area contributed by atoms with Crippen LogP contribution in [0.25, 0.3) is 0 Å². The van der Waals surface area contributed by atoms with Crippen molar-refractivity contribution in [1.82, 2.24) is 0 Å². The molecule has 7 heteroatoms. The minimum atomic E-state index is 0. The van der Waals surface area contributed by atoms with Crippen molar-refractivity contribution in [2.45, 2.75) is 9.79 Å². The average molecular weight is 509 g/mol. The summed E-state index contributed by atoms with van der Waals surface area (Å²) >= 11 is 3.38. The van der Waals surface area contributed by atoms with Gasteiger partial charge in [-0.1, -0.05) is 84.9 Å². The number of benzene rings is 4. The molecule has 0 radical (unpaired) electrons. The van der Waals surface area contributed by atoms with Gasteiger partial charge in [-0.15, -0.1) is 35.9 Å². The van der Waals surface area contributed by atoms with Crippen LogP contribution >= 0.6 is 35.9 Å². The minimum Gasteiger partial charge on any atom is -0.323 e. The van der Waals surface area contributed by atoms with E-state index < -0.39 is 0 Å². The van der Waals surface area contributed by atoms with E-state index in [2.05, 4.69) is 47.4 Å². The number of hydrogen-bond acceptors (Lipinski definition) is 6. The number of para-hydroxylation sites is 2. The van der Waals surface area contributed by atoms with Crippen molar-refractivity contribution in [3.63, 3.8) is 0 Å². The molecule has 4 nitrogen and oxygen atoms in total. The Labute approximate surface area is 216 Å². The maximum absolute atomic E-state index is 5.26. The molecule has 0 amide bonds. The monoisotopic (exact) mass is 508 g/mol. The highest BCUT2D eigenvalue weighted by Crippen LogP contribution is 2.25. The van der Waals surface area contributed by atoms with Crippen molar-refractivity contribution >= 4 is 53.0 Å². The third kappa shape index (κ3) is 7.85. The maximum Gasteiger partial charge on any atom is 0.0977 e. The lowest BCUT2D eigenvalue weighted by Gasteiger charge is -2.10. The fourth-order valence-electron chi connectivity index (χ4n) is 3.10. The molecule has 0 aliphatic heterocycles. The lowest BCUT2D eigenvalue weighted by atomic mass is 10.0. The molecule has 0 spiro atoms. The van der Waals surface area contributed by atoms with Crippen LogP contribution in [-0.2, 0) is 0 Å². The highest BCUT2D eigenvalue weighted by atomic mass is 35.5.